The van der Waals surface area contributed by atoms with Crippen LogP contribution in [0.3, 0.4) is 0 Å². The van der Waals surface area contributed by atoms with Crippen molar-refractivity contribution in [3.05, 3.63) is 125 Å². The van der Waals surface area contributed by atoms with E-state index in [-0.39, 0.29) is 56.2 Å². The van der Waals surface area contributed by atoms with E-state index in [1.54, 1.807) is 36.4 Å². The van der Waals surface area contributed by atoms with Crippen molar-refractivity contribution in [1.29, 1.82) is 0 Å². The van der Waals surface area contributed by atoms with Gasteiger partial charge in [-0.25, -0.2) is 0 Å². The first-order valence-corrected chi connectivity index (χ1v) is 18.3. The summed E-state index contributed by atoms with van der Waals surface area (Å²) in [5, 5.41) is 23.7. The SMILES string of the molecule is Cc1ccc(OCCNC(=O)[C@@H]2CC(=O)N[C@@H](Cc3ccc(O)cc3)C(=O)N[C@@H](Cc3ccccc3)C(=O)NCCCOc3ccccc3C(=O)N2)c(C)c1. The molecule has 13 nitrogen and oxygen atoms in total. The van der Waals surface area contributed by atoms with Gasteiger partial charge in [0.05, 0.1) is 25.1 Å². The lowest BCUT2D eigenvalue weighted by atomic mass is 10.0. The van der Waals surface area contributed by atoms with Gasteiger partial charge in [0.2, 0.25) is 23.6 Å². The van der Waals surface area contributed by atoms with Crippen molar-refractivity contribution in [2.24, 2.45) is 0 Å². The van der Waals surface area contributed by atoms with Crippen LogP contribution >= 0.6 is 0 Å². The van der Waals surface area contributed by atoms with E-state index in [0.717, 1.165) is 16.7 Å². The van der Waals surface area contributed by atoms with Gasteiger partial charge in [-0.15, -0.1) is 0 Å². The number of fused-ring (bicyclic) bond motifs is 1. The average Bonchev–Trinajstić information content (AvgIpc) is 3.17. The highest BCUT2D eigenvalue weighted by molar-refractivity contribution is 6.01. The highest BCUT2D eigenvalue weighted by Crippen LogP contribution is 2.20. The molecule has 0 spiro atoms. The normalized spacial score (nSPS) is 18.5. The van der Waals surface area contributed by atoms with Crippen LogP contribution in [-0.4, -0.2) is 79.1 Å². The van der Waals surface area contributed by atoms with Crippen LogP contribution in [0.25, 0.3) is 0 Å². The third-order valence-corrected chi connectivity index (χ3v) is 8.95. The fourth-order valence-corrected chi connectivity index (χ4v) is 6.08. The number of nitrogens with one attached hydrogen (secondary N) is 5. The molecule has 0 aliphatic carbocycles. The van der Waals surface area contributed by atoms with Crippen LogP contribution in [0.1, 0.15) is 45.5 Å². The standard InChI is InChI=1S/C42H47N5O8/c1-27-13-18-36(28(2)23-27)55-22-20-44-41(52)35-26-38(49)45-34(25-30-14-16-31(48)17-15-30)42(53)47-33(24-29-9-4-3-5-10-29)40(51)43-19-8-21-54-37-12-7-6-11-32(37)39(50)46-35/h3-7,9-18,23,33-35,48H,8,19-22,24-26H2,1-2H3,(H,43,51)(H,44,52)(H,45,49)(H,46,50)(H,47,53)/t33-,34-,35-/m0/s1. The van der Waals surface area contributed by atoms with Crippen molar-refractivity contribution < 1.29 is 38.6 Å². The van der Waals surface area contributed by atoms with Crippen LogP contribution in [0, 0.1) is 13.8 Å². The van der Waals surface area contributed by atoms with Crippen LogP contribution < -0.4 is 36.1 Å². The number of benzene rings is 4. The summed E-state index contributed by atoms with van der Waals surface area (Å²) in [5.74, 6) is -2.09. The van der Waals surface area contributed by atoms with Crippen LogP contribution in [0.15, 0.2) is 97.1 Å². The summed E-state index contributed by atoms with van der Waals surface area (Å²) in [5.41, 5.74) is 3.61. The molecule has 5 amide bonds. The van der Waals surface area contributed by atoms with E-state index in [4.69, 9.17) is 9.47 Å². The molecule has 288 valence electrons. The largest absolute Gasteiger partial charge is 0.508 e. The molecule has 4 aromatic rings. The maximum Gasteiger partial charge on any atom is 0.255 e. The van der Waals surface area contributed by atoms with Crippen LogP contribution in [-0.2, 0) is 32.0 Å². The molecular formula is C42H47N5O8. The Morgan fingerprint density at radius 1 is 0.818 bits per heavy atom. The van der Waals surface area contributed by atoms with Crippen LogP contribution in [0.4, 0.5) is 0 Å². The van der Waals surface area contributed by atoms with Gasteiger partial charge in [0.1, 0.15) is 42.0 Å². The molecule has 1 heterocycles. The molecule has 13 heteroatoms. The molecule has 0 aromatic heterocycles. The highest BCUT2D eigenvalue weighted by atomic mass is 16.5. The van der Waals surface area contributed by atoms with E-state index in [1.807, 2.05) is 62.4 Å². The lowest BCUT2D eigenvalue weighted by Crippen LogP contribution is -2.56. The number of rotatable bonds is 9. The van der Waals surface area contributed by atoms with Gasteiger partial charge in [-0.2, -0.15) is 0 Å². The summed E-state index contributed by atoms with van der Waals surface area (Å²) < 4.78 is 11.8. The van der Waals surface area contributed by atoms with Gasteiger partial charge in [0.15, 0.2) is 0 Å². The summed E-state index contributed by atoms with van der Waals surface area (Å²) >= 11 is 0. The Morgan fingerprint density at radius 2 is 1.51 bits per heavy atom. The topological polar surface area (TPSA) is 184 Å². The van der Waals surface area contributed by atoms with Gasteiger partial charge < -0.3 is 41.2 Å². The lowest BCUT2D eigenvalue weighted by Gasteiger charge is -2.25. The first-order valence-electron chi connectivity index (χ1n) is 18.3. The van der Waals surface area contributed by atoms with Gasteiger partial charge in [-0.3, -0.25) is 24.0 Å². The second kappa shape index (κ2) is 19.6. The molecule has 1 aliphatic heterocycles. The fourth-order valence-electron chi connectivity index (χ4n) is 6.08. The molecule has 0 fully saturated rings. The highest BCUT2D eigenvalue weighted by Gasteiger charge is 2.31. The molecule has 1 aliphatic rings. The van der Waals surface area contributed by atoms with E-state index >= 15 is 0 Å². The number of ether oxygens (including phenoxy) is 2. The van der Waals surface area contributed by atoms with Gasteiger partial charge in [0, 0.05) is 19.4 Å². The molecule has 5 rings (SSSR count). The summed E-state index contributed by atoms with van der Waals surface area (Å²) in [6, 6.07) is 24.1. The smallest absolute Gasteiger partial charge is 0.255 e. The number of hydrogen-bond donors (Lipinski definition) is 6. The van der Waals surface area contributed by atoms with Gasteiger partial charge in [-0.05, 0) is 67.3 Å². The Balaban J connectivity index is 1.39. The van der Waals surface area contributed by atoms with E-state index < -0.39 is 54.1 Å². The number of phenols is 1. The monoisotopic (exact) mass is 749 g/mol. The summed E-state index contributed by atoms with van der Waals surface area (Å²) in [6.45, 7) is 4.49. The van der Waals surface area contributed by atoms with Gasteiger partial charge >= 0.3 is 0 Å². The molecule has 0 bridgehead atoms. The molecule has 55 heavy (non-hydrogen) atoms. The molecule has 0 saturated carbocycles. The number of carbonyl (C=O) groups is 5. The average molecular weight is 750 g/mol. The third kappa shape index (κ3) is 12.1. The Hall–Kier alpha value is -6.37. The number of hydrogen-bond acceptors (Lipinski definition) is 8. The summed E-state index contributed by atoms with van der Waals surface area (Å²) in [7, 11) is 0. The van der Waals surface area contributed by atoms with Crippen molar-refractivity contribution in [3.63, 3.8) is 0 Å². The predicted molar refractivity (Wildman–Crippen MR) is 206 cm³/mol. The number of para-hydroxylation sites is 1. The van der Waals surface area contributed by atoms with Crippen molar-refractivity contribution in [2.75, 3.05) is 26.3 Å². The number of carbonyl (C=O) groups excluding carboxylic acids is 5. The van der Waals surface area contributed by atoms with E-state index in [2.05, 4.69) is 26.6 Å². The molecule has 3 atom stereocenters. The predicted octanol–water partition coefficient (Wildman–Crippen LogP) is 3.05. The molecule has 6 N–H and O–H groups in total. The van der Waals surface area contributed by atoms with E-state index in [9.17, 15) is 29.1 Å². The number of amides is 5. The fraction of sp³-hybridized carbons (Fsp3) is 0.310. The molecule has 0 radical (unpaired) electrons. The zero-order chi connectivity index (χ0) is 39.2. The van der Waals surface area contributed by atoms with Crippen LogP contribution in [0.2, 0.25) is 0 Å². The molecule has 0 saturated heterocycles. The lowest BCUT2D eigenvalue weighted by molar-refractivity contribution is -0.133. The van der Waals surface area contributed by atoms with Crippen molar-refractivity contribution >= 4 is 29.5 Å². The minimum Gasteiger partial charge on any atom is -0.508 e. The van der Waals surface area contributed by atoms with E-state index in [1.165, 1.54) is 12.1 Å². The Labute approximate surface area is 320 Å². The minimum atomic E-state index is -1.35. The number of aryl methyl sites for hydroxylation is 2. The number of aromatic hydroxyl groups is 1. The Kier molecular flexibility index (Phi) is 14.2. The first-order chi connectivity index (χ1) is 26.5. The van der Waals surface area contributed by atoms with E-state index in [0.29, 0.717) is 17.7 Å². The second-order valence-corrected chi connectivity index (χ2v) is 13.4. The molecule has 4 aromatic carbocycles. The zero-order valence-corrected chi connectivity index (χ0v) is 30.9. The Morgan fingerprint density at radius 3 is 2.25 bits per heavy atom. The van der Waals surface area contributed by atoms with Gasteiger partial charge in [-0.1, -0.05) is 72.3 Å². The van der Waals surface area contributed by atoms with Crippen LogP contribution in [0.5, 0.6) is 17.2 Å². The third-order valence-electron chi connectivity index (χ3n) is 8.95. The summed E-state index contributed by atoms with van der Waals surface area (Å²) in [4.78, 5) is 68.5. The molecule has 0 unspecified atom stereocenters. The van der Waals surface area contributed by atoms with Crippen molar-refractivity contribution in [2.45, 2.75) is 57.7 Å². The Bertz CT molecular complexity index is 1950. The maximum atomic E-state index is 14.0. The minimum absolute atomic E-state index is 0.00122. The maximum absolute atomic E-state index is 14.0. The second-order valence-electron chi connectivity index (χ2n) is 13.4. The summed E-state index contributed by atoms with van der Waals surface area (Å²) in [6.07, 6.45) is 0.0547. The quantitative estimate of drug-likeness (QED) is 0.141. The number of phenolic OH excluding ortho intramolecular Hbond substituents is 1. The van der Waals surface area contributed by atoms with Gasteiger partial charge in [0.25, 0.3) is 5.91 Å². The first kappa shape index (κ1) is 39.8. The van der Waals surface area contributed by atoms with Crippen molar-refractivity contribution in [1.82, 2.24) is 26.6 Å². The molecular weight excluding hydrogens is 702 g/mol. The zero-order valence-electron chi connectivity index (χ0n) is 30.9. The van der Waals surface area contributed by atoms with Crippen molar-refractivity contribution in [3.8, 4) is 17.2 Å².